The Balaban J connectivity index is 1.87. The van der Waals surface area contributed by atoms with Crippen molar-refractivity contribution in [1.82, 2.24) is 9.80 Å². The molecule has 0 radical (unpaired) electrons. The monoisotopic (exact) mass is 387 g/mol. The van der Waals surface area contributed by atoms with E-state index in [0.717, 1.165) is 5.56 Å². The van der Waals surface area contributed by atoms with Crippen LogP contribution in [0.15, 0.2) is 48.5 Å². The maximum atomic E-state index is 13.1. The van der Waals surface area contributed by atoms with Crippen LogP contribution in [0, 0.1) is 5.82 Å². The van der Waals surface area contributed by atoms with Crippen molar-refractivity contribution < 1.29 is 18.7 Å². The van der Waals surface area contributed by atoms with Gasteiger partial charge in [0.05, 0.1) is 20.2 Å². The van der Waals surface area contributed by atoms with Crippen LogP contribution in [0.4, 0.5) is 10.1 Å². The Morgan fingerprint density at radius 1 is 1.11 bits per heavy atom. The van der Waals surface area contributed by atoms with Crippen molar-refractivity contribution in [2.24, 2.45) is 0 Å². The van der Waals surface area contributed by atoms with E-state index in [-0.39, 0.29) is 36.8 Å². The van der Waals surface area contributed by atoms with E-state index >= 15 is 0 Å². The molecule has 6 nitrogen and oxygen atoms in total. The van der Waals surface area contributed by atoms with Gasteiger partial charge in [0.1, 0.15) is 11.6 Å². The van der Waals surface area contributed by atoms with Gasteiger partial charge in [-0.25, -0.2) is 4.39 Å². The molecular weight excluding hydrogens is 361 g/mol. The van der Waals surface area contributed by atoms with E-state index in [1.807, 2.05) is 18.9 Å². The molecule has 0 saturated carbocycles. The van der Waals surface area contributed by atoms with Crippen LogP contribution in [0.25, 0.3) is 0 Å². The summed E-state index contributed by atoms with van der Waals surface area (Å²) in [6, 6.07) is 13.1. The zero-order valence-electron chi connectivity index (χ0n) is 16.6. The third-order valence-electron chi connectivity index (χ3n) is 4.56. The topological polar surface area (TPSA) is 61.9 Å². The van der Waals surface area contributed by atoms with Crippen molar-refractivity contribution >= 4 is 17.5 Å². The third kappa shape index (κ3) is 6.06. The molecule has 28 heavy (non-hydrogen) atoms. The number of hydrogen-bond acceptors (Lipinski definition) is 4. The van der Waals surface area contributed by atoms with E-state index in [0.29, 0.717) is 11.4 Å². The van der Waals surface area contributed by atoms with Crippen molar-refractivity contribution in [2.45, 2.75) is 13.0 Å². The van der Waals surface area contributed by atoms with E-state index in [2.05, 4.69) is 5.32 Å². The van der Waals surface area contributed by atoms with Crippen molar-refractivity contribution in [3.8, 4) is 5.75 Å². The number of ether oxygens (including phenoxy) is 1. The fraction of sp³-hybridized carbons (Fsp3) is 0.333. The lowest BCUT2D eigenvalue weighted by atomic mass is 10.1. The molecule has 7 heteroatoms. The van der Waals surface area contributed by atoms with Crippen LogP contribution in [0.2, 0.25) is 0 Å². The summed E-state index contributed by atoms with van der Waals surface area (Å²) in [4.78, 5) is 27.9. The first-order valence-electron chi connectivity index (χ1n) is 8.93. The Bertz CT molecular complexity index is 811. The molecule has 2 amide bonds. The fourth-order valence-electron chi connectivity index (χ4n) is 2.67. The number of carbonyl (C=O) groups is 2. The van der Waals surface area contributed by atoms with E-state index in [4.69, 9.17) is 4.74 Å². The highest BCUT2D eigenvalue weighted by atomic mass is 19.1. The molecule has 0 spiro atoms. The number of benzene rings is 2. The molecule has 0 aliphatic carbocycles. The Hall–Kier alpha value is -2.93. The number of halogens is 1. The summed E-state index contributed by atoms with van der Waals surface area (Å²) in [5.41, 5.74) is 1.52. The molecule has 2 aromatic carbocycles. The number of rotatable bonds is 8. The van der Waals surface area contributed by atoms with Gasteiger partial charge < -0.3 is 15.0 Å². The van der Waals surface area contributed by atoms with Crippen molar-refractivity contribution in [3.05, 3.63) is 59.9 Å². The van der Waals surface area contributed by atoms with Crippen molar-refractivity contribution in [1.29, 1.82) is 0 Å². The van der Waals surface area contributed by atoms with Gasteiger partial charge in [0, 0.05) is 24.8 Å². The SMILES string of the molecule is COc1cccc(NC(=O)CN(C)C(=O)CN(C)C(C)c2ccc(F)cc2)c1. The van der Waals surface area contributed by atoms with E-state index in [1.165, 1.54) is 17.0 Å². The number of carbonyl (C=O) groups excluding carboxylic acids is 2. The van der Waals surface area contributed by atoms with Gasteiger partial charge in [-0.05, 0) is 43.8 Å². The summed E-state index contributed by atoms with van der Waals surface area (Å²) in [7, 11) is 4.96. The lowest BCUT2D eigenvalue weighted by Gasteiger charge is -2.27. The second-order valence-electron chi connectivity index (χ2n) is 6.67. The number of nitrogens with zero attached hydrogens (tertiary/aromatic N) is 2. The molecule has 0 heterocycles. The first-order chi connectivity index (χ1) is 13.3. The average Bonchev–Trinajstić information content (AvgIpc) is 2.67. The maximum absolute atomic E-state index is 13.1. The van der Waals surface area contributed by atoms with Gasteiger partial charge in [-0.2, -0.15) is 0 Å². The van der Waals surface area contributed by atoms with Crippen LogP contribution in [0.1, 0.15) is 18.5 Å². The fourth-order valence-corrected chi connectivity index (χ4v) is 2.67. The maximum Gasteiger partial charge on any atom is 0.243 e. The molecule has 0 aromatic heterocycles. The van der Waals surface area contributed by atoms with Crippen LogP contribution in [-0.4, -0.2) is 55.9 Å². The Labute approximate surface area is 164 Å². The highest BCUT2D eigenvalue weighted by Gasteiger charge is 2.19. The van der Waals surface area contributed by atoms with Crippen LogP contribution in [0.3, 0.4) is 0 Å². The van der Waals surface area contributed by atoms with Crippen LogP contribution in [0.5, 0.6) is 5.75 Å². The highest BCUT2D eigenvalue weighted by Crippen LogP contribution is 2.19. The lowest BCUT2D eigenvalue weighted by Crippen LogP contribution is -2.41. The van der Waals surface area contributed by atoms with Crippen LogP contribution >= 0.6 is 0 Å². The quantitative estimate of drug-likeness (QED) is 0.757. The first kappa shape index (κ1) is 21.4. The van der Waals surface area contributed by atoms with Gasteiger partial charge in [-0.15, -0.1) is 0 Å². The zero-order chi connectivity index (χ0) is 20.7. The van der Waals surface area contributed by atoms with E-state index < -0.39 is 0 Å². The molecule has 2 aromatic rings. The predicted molar refractivity (Wildman–Crippen MR) is 107 cm³/mol. The molecule has 150 valence electrons. The lowest BCUT2D eigenvalue weighted by molar-refractivity contribution is -0.134. The van der Waals surface area contributed by atoms with E-state index in [1.54, 1.807) is 50.6 Å². The molecule has 0 saturated heterocycles. The molecule has 0 bridgehead atoms. The normalized spacial score (nSPS) is 11.8. The molecule has 0 aliphatic heterocycles. The Morgan fingerprint density at radius 2 is 1.79 bits per heavy atom. The van der Waals surface area contributed by atoms with Crippen molar-refractivity contribution in [2.75, 3.05) is 39.6 Å². The van der Waals surface area contributed by atoms with Gasteiger partial charge in [-0.3, -0.25) is 14.5 Å². The minimum absolute atomic E-state index is 0.0607. The van der Waals surface area contributed by atoms with Gasteiger partial charge in [0.15, 0.2) is 0 Å². The summed E-state index contributed by atoms with van der Waals surface area (Å²) in [6.07, 6.45) is 0. The summed E-state index contributed by atoms with van der Waals surface area (Å²) >= 11 is 0. The summed E-state index contributed by atoms with van der Waals surface area (Å²) in [5, 5.41) is 2.75. The predicted octanol–water partition coefficient (Wildman–Crippen LogP) is 2.92. The largest absolute Gasteiger partial charge is 0.497 e. The summed E-state index contributed by atoms with van der Waals surface area (Å²) < 4.78 is 18.2. The highest BCUT2D eigenvalue weighted by molar-refractivity contribution is 5.94. The smallest absolute Gasteiger partial charge is 0.243 e. The Kier molecular flexibility index (Phi) is 7.52. The molecule has 1 atom stereocenters. The third-order valence-corrected chi connectivity index (χ3v) is 4.56. The van der Waals surface area contributed by atoms with Gasteiger partial charge in [-0.1, -0.05) is 18.2 Å². The number of hydrogen-bond donors (Lipinski definition) is 1. The van der Waals surface area contributed by atoms with E-state index in [9.17, 15) is 14.0 Å². The minimum Gasteiger partial charge on any atom is -0.497 e. The van der Waals surface area contributed by atoms with Gasteiger partial charge in [0.25, 0.3) is 0 Å². The van der Waals surface area contributed by atoms with Gasteiger partial charge in [0.2, 0.25) is 11.8 Å². The molecule has 2 rings (SSSR count). The number of amides is 2. The number of likely N-dealkylation sites (N-methyl/N-ethyl adjacent to an activating group) is 2. The number of anilines is 1. The summed E-state index contributed by atoms with van der Waals surface area (Å²) in [5.74, 6) is -0.134. The molecular formula is C21H26FN3O3. The zero-order valence-corrected chi connectivity index (χ0v) is 16.6. The molecule has 0 fully saturated rings. The van der Waals surface area contributed by atoms with Gasteiger partial charge >= 0.3 is 0 Å². The second kappa shape index (κ2) is 9.85. The van der Waals surface area contributed by atoms with Crippen LogP contribution < -0.4 is 10.1 Å². The molecule has 0 aliphatic rings. The molecule has 1 unspecified atom stereocenters. The Morgan fingerprint density at radius 3 is 2.43 bits per heavy atom. The number of methoxy groups -OCH3 is 1. The minimum atomic E-state index is -0.295. The first-order valence-corrected chi connectivity index (χ1v) is 8.93. The number of nitrogens with one attached hydrogen (secondary N) is 1. The van der Waals surface area contributed by atoms with Crippen LogP contribution in [-0.2, 0) is 9.59 Å². The standard InChI is InChI=1S/C21H26FN3O3/c1-15(16-8-10-17(22)11-9-16)24(2)14-21(27)25(3)13-20(26)23-18-6-5-7-19(12-18)28-4/h5-12,15H,13-14H2,1-4H3,(H,23,26). The van der Waals surface area contributed by atoms with Crippen molar-refractivity contribution in [3.63, 3.8) is 0 Å². The second-order valence-corrected chi connectivity index (χ2v) is 6.67. The average molecular weight is 387 g/mol. The molecule has 1 N–H and O–H groups in total. The summed E-state index contributed by atoms with van der Waals surface area (Å²) in [6.45, 7) is 2.02.